The Labute approximate surface area is 113 Å². The molecule has 2 rings (SSSR count). The Morgan fingerprint density at radius 1 is 1.33 bits per heavy atom. The Hall–Kier alpha value is -0.420. The van der Waals surface area contributed by atoms with Crippen molar-refractivity contribution in [1.82, 2.24) is 10.2 Å². The second-order valence-electron chi connectivity index (χ2n) is 5.22. The molecule has 0 saturated carbocycles. The quantitative estimate of drug-likeness (QED) is 0.824. The number of aliphatic hydroxyl groups is 1. The number of nitrogens with zero attached hydrogens (tertiary/aromatic N) is 1. The Kier molecular flexibility index (Phi) is 5.63. The number of amides is 2. The minimum absolute atomic E-state index is 0.0839. The summed E-state index contributed by atoms with van der Waals surface area (Å²) in [5, 5.41) is 12.2. The summed E-state index contributed by atoms with van der Waals surface area (Å²) in [5.41, 5.74) is 0. The zero-order valence-electron chi connectivity index (χ0n) is 10.9. The van der Waals surface area contributed by atoms with Gasteiger partial charge in [-0.1, -0.05) is 0 Å². The third-order valence-corrected chi connectivity index (χ3v) is 5.05. The minimum atomic E-state index is 0.0839. The summed E-state index contributed by atoms with van der Waals surface area (Å²) in [4.78, 5) is 14.2. The number of aliphatic hydroxyl groups excluding tert-OH is 1. The number of piperidine rings is 1. The molecule has 2 fully saturated rings. The largest absolute Gasteiger partial charge is 0.396 e. The lowest BCUT2D eigenvalue weighted by Crippen LogP contribution is -2.52. The first-order valence-corrected chi connectivity index (χ1v) is 8.22. The van der Waals surface area contributed by atoms with Crippen LogP contribution in [0.3, 0.4) is 0 Å². The van der Waals surface area contributed by atoms with E-state index in [-0.39, 0.29) is 18.7 Å². The topological polar surface area (TPSA) is 52.6 Å². The average molecular weight is 272 g/mol. The van der Waals surface area contributed by atoms with E-state index in [2.05, 4.69) is 5.32 Å². The summed E-state index contributed by atoms with van der Waals surface area (Å²) >= 11 is 1.93. The van der Waals surface area contributed by atoms with Gasteiger partial charge < -0.3 is 15.3 Å². The number of likely N-dealkylation sites (tertiary alicyclic amines) is 1. The first-order valence-electron chi connectivity index (χ1n) is 7.07. The molecule has 104 valence electrons. The fourth-order valence-corrected chi connectivity index (χ4v) is 3.90. The van der Waals surface area contributed by atoms with Gasteiger partial charge in [0.25, 0.3) is 0 Å². The first kappa shape index (κ1) is 14.0. The molecular formula is C13H24N2O2S. The number of hydrogen-bond acceptors (Lipinski definition) is 3. The lowest BCUT2D eigenvalue weighted by molar-refractivity contribution is 0.129. The van der Waals surface area contributed by atoms with Gasteiger partial charge in [-0.25, -0.2) is 4.79 Å². The lowest BCUT2D eigenvalue weighted by Gasteiger charge is -2.37. The van der Waals surface area contributed by atoms with Crippen LogP contribution in [-0.4, -0.2) is 52.8 Å². The van der Waals surface area contributed by atoms with Gasteiger partial charge in [0.1, 0.15) is 0 Å². The maximum absolute atomic E-state index is 12.3. The fourth-order valence-electron chi connectivity index (χ4n) is 2.83. The zero-order valence-corrected chi connectivity index (χ0v) is 11.8. The van der Waals surface area contributed by atoms with E-state index in [1.807, 2.05) is 16.7 Å². The molecular weight excluding hydrogens is 248 g/mol. The van der Waals surface area contributed by atoms with Gasteiger partial charge in [0, 0.05) is 31.0 Å². The second kappa shape index (κ2) is 7.24. The van der Waals surface area contributed by atoms with Crippen molar-refractivity contribution in [3.8, 4) is 0 Å². The summed E-state index contributed by atoms with van der Waals surface area (Å²) < 4.78 is 0. The number of carbonyl (C=O) groups excluding carboxylic acids is 1. The summed E-state index contributed by atoms with van der Waals surface area (Å²) in [6.45, 7) is 1.02. The Balaban J connectivity index is 1.84. The van der Waals surface area contributed by atoms with E-state index >= 15 is 0 Å². The smallest absolute Gasteiger partial charge is 0.317 e. The van der Waals surface area contributed by atoms with Gasteiger partial charge in [-0.2, -0.15) is 11.8 Å². The first-order chi connectivity index (χ1) is 8.81. The molecule has 2 amide bonds. The van der Waals surface area contributed by atoms with Crippen molar-refractivity contribution in [3.05, 3.63) is 0 Å². The third-order valence-electron chi connectivity index (χ3n) is 3.84. The molecule has 2 N–H and O–H groups in total. The zero-order chi connectivity index (χ0) is 12.8. The molecule has 5 heteroatoms. The molecule has 2 heterocycles. The number of hydrogen-bond donors (Lipinski definition) is 2. The third kappa shape index (κ3) is 3.79. The van der Waals surface area contributed by atoms with Crippen LogP contribution in [-0.2, 0) is 0 Å². The molecule has 4 nitrogen and oxygen atoms in total. The van der Waals surface area contributed by atoms with Crippen molar-refractivity contribution in [2.24, 2.45) is 0 Å². The van der Waals surface area contributed by atoms with Gasteiger partial charge in [0.05, 0.1) is 0 Å². The highest BCUT2D eigenvalue weighted by Gasteiger charge is 2.27. The Morgan fingerprint density at radius 3 is 2.94 bits per heavy atom. The van der Waals surface area contributed by atoms with Crippen LogP contribution >= 0.6 is 11.8 Å². The van der Waals surface area contributed by atoms with Gasteiger partial charge >= 0.3 is 6.03 Å². The molecule has 0 aromatic heterocycles. The molecule has 0 bridgehead atoms. The highest BCUT2D eigenvalue weighted by molar-refractivity contribution is 7.99. The van der Waals surface area contributed by atoms with Crippen molar-refractivity contribution in [2.45, 2.75) is 50.6 Å². The molecule has 2 aliphatic heterocycles. The van der Waals surface area contributed by atoms with Gasteiger partial charge in [-0.15, -0.1) is 0 Å². The summed E-state index contributed by atoms with van der Waals surface area (Å²) in [6, 6.07) is 0.661. The Morgan fingerprint density at radius 2 is 2.22 bits per heavy atom. The van der Waals surface area contributed by atoms with Crippen LogP contribution in [0.4, 0.5) is 4.79 Å². The van der Waals surface area contributed by atoms with Gasteiger partial charge in [0.2, 0.25) is 0 Å². The highest BCUT2D eigenvalue weighted by Crippen LogP contribution is 2.21. The van der Waals surface area contributed by atoms with Crippen molar-refractivity contribution in [3.63, 3.8) is 0 Å². The van der Waals surface area contributed by atoms with Crippen LogP contribution in [0.15, 0.2) is 0 Å². The van der Waals surface area contributed by atoms with Crippen molar-refractivity contribution in [1.29, 1.82) is 0 Å². The van der Waals surface area contributed by atoms with Crippen LogP contribution in [0.2, 0.25) is 0 Å². The van der Waals surface area contributed by atoms with E-state index < -0.39 is 0 Å². The molecule has 18 heavy (non-hydrogen) atoms. The van der Waals surface area contributed by atoms with Crippen LogP contribution < -0.4 is 5.32 Å². The maximum atomic E-state index is 12.3. The van der Waals surface area contributed by atoms with Gasteiger partial charge in [0.15, 0.2) is 0 Å². The average Bonchev–Trinajstić information content (AvgIpc) is 2.41. The summed E-state index contributed by atoms with van der Waals surface area (Å²) in [5.74, 6) is 2.27. The van der Waals surface area contributed by atoms with Gasteiger partial charge in [-0.3, -0.25) is 0 Å². The van der Waals surface area contributed by atoms with Crippen LogP contribution in [0.1, 0.15) is 38.5 Å². The minimum Gasteiger partial charge on any atom is -0.396 e. The molecule has 0 radical (unpaired) electrons. The SMILES string of the molecule is O=C(N[C@@H]1CCCSC1)N1CCCC[C@@H]1CCO. The second-order valence-corrected chi connectivity index (χ2v) is 6.37. The van der Waals surface area contributed by atoms with E-state index in [9.17, 15) is 4.79 Å². The van der Waals surface area contributed by atoms with Crippen LogP contribution in [0, 0.1) is 0 Å². The summed E-state index contributed by atoms with van der Waals surface area (Å²) in [7, 11) is 0. The van der Waals surface area contributed by atoms with E-state index in [4.69, 9.17) is 5.11 Å². The number of thioether (sulfide) groups is 1. The number of carbonyl (C=O) groups is 1. The normalized spacial score (nSPS) is 29.1. The fraction of sp³-hybridized carbons (Fsp3) is 0.923. The van der Waals surface area contributed by atoms with Gasteiger partial charge in [-0.05, 0) is 44.3 Å². The summed E-state index contributed by atoms with van der Waals surface area (Å²) in [6.07, 6.45) is 6.33. The number of urea groups is 1. The van der Waals surface area contributed by atoms with Crippen molar-refractivity contribution in [2.75, 3.05) is 24.7 Å². The molecule has 2 atom stereocenters. The Bertz CT molecular complexity index is 268. The number of rotatable bonds is 3. The molecule has 0 aromatic rings. The molecule has 2 saturated heterocycles. The van der Waals surface area contributed by atoms with E-state index in [1.165, 1.54) is 18.6 Å². The predicted octanol–water partition coefficient (Wildman–Crippen LogP) is 1.83. The monoisotopic (exact) mass is 272 g/mol. The van der Waals surface area contributed by atoms with Crippen molar-refractivity contribution >= 4 is 17.8 Å². The predicted molar refractivity (Wildman–Crippen MR) is 74.9 cm³/mol. The standard InChI is InChI=1S/C13H24N2O2S/c16-8-6-12-5-1-2-7-15(12)13(17)14-11-4-3-9-18-10-11/h11-12,16H,1-10H2,(H,14,17)/t11-,12-/m1/s1. The number of nitrogens with one attached hydrogen (secondary N) is 1. The van der Waals surface area contributed by atoms with E-state index in [0.29, 0.717) is 12.5 Å². The molecule has 2 aliphatic rings. The van der Waals surface area contributed by atoms with Crippen LogP contribution in [0.25, 0.3) is 0 Å². The maximum Gasteiger partial charge on any atom is 0.317 e. The highest BCUT2D eigenvalue weighted by atomic mass is 32.2. The molecule has 0 aromatic carbocycles. The van der Waals surface area contributed by atoms with Crippen molar-refractivity contribution < 1.29 is 9.90 Å². The van der Waals surface area contributed by atoms with E-state index in [0.717, 1.165) is 31.6 Å². The molecule has 0 aliphatic carbocycles. The lowest BCUT2D eigenvalue weighted by atomic mass is 10.00. The molecule has 0 unspecified atom stereocenters. The molecule has 0 spiro atoms. The van der Waals surface area contributed by atoms with Crippen LogP contribution in [0.5, 0.6) is 0 Å². The van der Waals surface area contributed by atoms with E-state index in [1.54, 1.807) is 0 Å².